The molecule has 1 fully saturated rings. The summed E-state index contributed by atoms with van der Waals surface area (Å²) in [7, 11) is 0. The van der Waals surface area contributed by atoms with Gasteiger partial charge in [0.1, 0.15) is 6.61 Å². The smallest absolute Gasteiger partial charge is 0.220 e. The van der Waals surface area contributed by atoms with Crippen molar-refractivity contribution >= 4 is 5.91 Å². The van der Waals surface area contributed by atoms with E-state index in [-0.39, 0.29) is 17.9 Å². The van der Waals surface area contributed by atoms with Gasteiger partial charge in [-0.25, -0.2) is 0 Å². The molecule has 5 heteroatoms. The Morgan fingerprint density at radius 1 is 1.00 bits per heavy atom. The quantitative estimate of drug-likeness (QED) is 0.851. The second-order valence-corrected chi connectivity index (χ2v) is 7.44. The topological polar surface area (TPSA) is 73.6 Å². The fourth-order valence-electron chi connectivity index (χ4n) is 3.88. The molecule has 0 radical (unpaired) electrons. The van der Waals surface area contributed by atoms with Crippen LogP contribution in [0, 0.1) is 5.92 Å². The first-order valence-corrected chi connectivity index (χ1v) is 9.69. The Hall–Kier alpha value is -2.53. The summed E-state index contributed by atoms with van der Waals surface area (Å²) in [5.74, 6) is 1.51. The van der Waals surface area contributed by atoms with E-state index in [9.17, 15) is 4.79 Å². The molecule has 142 valence electrons. The lowest BCUT2D eigenvalue weighted by atomic mass is 9.85. The highest BCUT2D eigenvalue weighted by Gasteiger charge is 2.24. The lowest BCUT2D eigenvalue weighted by Crippen LogP contribution is -2.36. The molecule has 1 saturated carbocycles. The average molecular weight is 366 g/mol. The lowest BCUT2D eigenvalue weighted by Gasteiger charge is -2.28. The van der Waals surface area contributed by atoms with Gasteiger partial charge in [-0.05, 0) is 48.9 Å². The summed E-state index contributed by atoms with van der Waals surface area (Å²) in [5, 5.41) is 3.60. The van der Waals surface area contributed by atoms with Crippen molar-refractivity contribution < 1.29 is 14.3 Å². The molecule has 1 aliphatic carbocycles. The van der Waals surface area contributed by atoms with E-state index in [1.165, 1.54) is 5.56 Å². The SMILES string of the molecule is NC(=O)C1CCC(NCc2ccc([C@@H]3COc4ccccc4O3)cc2)CC1. The highest BCUT2D eigenvalue weighted by Crippen LogP contribution is 2.35. The Bertz CT molecular complexity index is 782. The minimum absolute atomic E-state index is 0.0603. The van der Waals surface area contributed by atoms with Crippen molar-refractivity contribution in [3.63, 3.8) is 0 Å². The van der Waals surface area contributed by atoms with E-state index < -0.39 is 0 Å². The van der Waals surface area contributed by atoms with Gasteiger partial charge in [-0.2, -0.15) is 0 Å². The van der Waals surface area contributed by atoms with Crippen molar-refractivity contribution in [2.45, 2.75) is 44.4 Å². The number of fused-ring (bicyclic) bond motifs is 1. The molecule has 0 unspecified atom stereocenters. The molecule has 2 aliphatic rings. The first kappa shape index (κ1) is 17.9. The molecule has 1 atom stereocenters. The van der Waals surface area contributed by atoms with E-state index in [2.05, 4.69) is 29.6 Å². The maximum absolute atomic E-state index is 11.3. The third kappa shape index (κ3) is 4.25. The molecule has 0 saturated heterocycles. The van der Waals surface area contributed by atoms with Gasteiger partial charge < -0.3 is 20.5 Å². The molecule has 0 aromatic heterocycles. The predicted octanol–water partition coefficient (Wildman–Crippen LogP) is 3.33. The summed E-state index contributed by atoms with van der Waals surface area (Å²) < 4.78 is 11.9. The fourth-order valence-corrected chi connectivity index (χ4v) is 3.88. The first-order valence-electron chi connectivity index (χ1n) is 9.69. The van der Waals surface area contributed by atoms with Gasteiger partial charge in [-0.3, -0.25) is 4.79 Å². The molecule has 27 heavy (non-hydrogen) atoms. The summed E-state index contributed by atoms with van der Waals surface area (Å²) in [6.45, 7) is 1.36. The minimum atomic E-state index is -0.152. The molecular formula is C22H26N2O3. The zero-order valence-corrected chi connectivity index (χ0v) is 15.4. The van der Waals surface area contributed by atoms with Crippen LogP contribution in [-0.2, 0) is 11.3 Å². The Kier molecular flexibility index (Phi) is 5.30. The maximum atomic E-state index is 11.3. The molecule has 1 amide bonds. The average Bonchev–Trinajstić information content (AvgIpc) is 2.72. The highest BCUT2D eigenvalue weighted by atomic mass is 16.6. The van der Waals surface area contributed by atoms with Gasteiger partial charge in [0.15, 0.2) is 17.6 Å². The van der Waals surface area contributed by atoms with Gasteiger partial charge in [0.05, 0.1) is 0 Å². The number of carbonyl (C=O) groups excluding carboxylic acids is 1. The van der Waals surface area contributed by atoms with E-state index in [0.29, 0.717) is 12.6 Å². The summed E-state index contributed by atoms with van der Waals surface area (Å²) in [5.41, 5.74) is 7.77. The van der Waals surface area contributed by atoms with Crippen LogP contribution in [0.15, 0.2) is 48.5 Å². The standard InChI is InChI=1S/C22H26N2O3/c23-22(25)17-9-11-18(12-10-17)24-13-15-5-7-16(8-6-15)21-14-26-19-3-1-2-4-20(19)27-21/h1-8,17-18,21,24H,9-14H2,(H2,23,25)/t17?,18?,21-/m0/s1. The molecular weight excluding hydrogens is 340 g/mol. The van der Waals surface area contributed by atoms with Gasteiger partial charge >= 0.3 is 0 Å². The van der Waals surface area contributed by atoms with Crippen molar-refractivity contribution in [1.82, 2.24) is 5.32 Å². The van der Waals surface area contributed by atoms with E-state index in [0.717, 1.165) is 49.3 Å². The number of hydrogen-bond acceptors (Lipinski definition) is 4. The molecule has 5 nitrogen and oxygen atoms in total. The number of ether oxygens (including phenoxy) is 2. The van der Waals surface area contributed by atoms with E-state index in [1.807, 2.05) is 24.3 Å². The van der Waals surface area contributed by atoms with Gasteiger partial charge in [-0.15, -0.1) is 0 Å². The van der Waals surface area contributed by atoms with Gasteiger partial charge in [0.25, 0.3) is 0 Å². The van der Waals surface area contributed by atoms with Crippen molar-refractivity contribution in [2.75, 3.05) is 6.61 Å². The number of hydrogen-bond donors (Lipinski definition) is 2. The monoisotopic (exact) mass is 366 g/mol. The summed E-state index contributed by atoms with van der Waals surface area (Å²) in [6, 6.07) is 16.7. The molecule has 4 rings (SSSR count). The van der Waals surface area contributed by atoms with Crippen LogP contribution in [0.5, 0.6) is 11.5 Å². The number of carbonyl (C=O) groups is 1. The third-order valence-electron chi connectivity index (χ3n) is 5.58. The lowest BCUT2D eigenvalue weighted by molar-refractivity contribution is -0.122. The molecule has 1 heterocycles. The number of primary amides is 1. The number of nitrogens with one attached hydrogen (secondary N) is 1. The van der Waals surface area contributed by atoms with Gasteiger partial charge in [0.2, 0.25) is 5.91 Å². The summed E-state index contributed by atoms with van der Waals surface area (Å²) in [4.78, 5) is 11.3. The Labute approximate surface area is 159 Å². The number of benzene rings is 2. The van der Waals surface area contributed by atoms with E-state index in [4.69, 9.17) is 15.2 Å². The predicted molar refractivity (Wildman–Crippen MR) is 104 cm³/mol. The van der Waals surface area contributed by atoms with Gasteiger partial charge in [0, 0.05) is 18.5 Å². The van der Waals surface area contributed by atoms with Gasteiger partial charge in [-0.1, -0.05) is 36.4 Å². The molecule has 0 bridgehead atoms. The Morgan fingerprint density at radius 3 is 2.41 bits per heavy atom. The van der Waals surface area contributed by atoms with Crippen LogP contribution in [0.1, 0.15) is 42.9 Å². The zero-order valence-electron chi connectivity index (χ0n) is 15.4. The van der Waals surface area contributed by atoms with Crippen LogP contribution in [0.3, 0.4) is 0 Å². The fraction of sp³-hybridized carbons (Fsp3) is 0.409. The molecule has 0 spiro atoms. The van der Waals surface area contributed by atoms with Crippen LogP contribution in [-0.4, -0.2) is 18.6 Å². The maximum Gasteiger partial charge on any atom is 0.220 e. The van der Waals surface area contributed by atoms with Crippen molar-refractivity contribution in [3.8, 4) is 11.5 Å². The second kappa shape index (κ2) is 8.01. The number of nitrogens with two attached hydrogens (primary N) is 1. The number of para-hydroxylation sites is 2. The highest BCUT2D eigenvalue weighted by molar-refractivity contribution is 5.76. The van der Waals surface area contributed by atoms with Crippen molar-refractivity contribution in [3.05, 3.63) is 59.7 Å². The first-order chi connectivity index (χ1) is 13.2. The van der Waals surface area contributed by atoms with Crippen molar-refractivity contribution in [1.29, 1.82) is 0 Å². The Balaban J connectivity index is 1.29. The zero-order chi connectivity index (χ0) is 18.6. The third-order valence-corrected chi connectivity index (χ3v) is 5.58. The van der Waals surface area contributed by atoms with Crippen LogP contribution in [0.4, 0.5) is 0 Å². The van der Waals surface area contributed by atoms with Crippen LogP contribution >= 0.6 is 0 Å². The second-order valence-electron chi connectivity index (χ2n) is 7.44. The van der Waals surface area contributed by atoms with Crippen LogP contribution < -0.4 is 20.5 Å². The molecule has 3 N–H and O–H groups in total. The molecule has 2 aromatic carbocycles. The van der Waals surface area contributed by atoms with Crippen LogP contribution in [0.2, 0.25) is 0 Å². The molecule has 1 aliphatic heterocycles. The number of amides is 1. The summed E-state index contributed by atoms with van der Waals surface area (Å²) in [6.07, 6.45) is 3.74. The number of rotatable bonds is 5. The summed E-state index contributed by atoms with van der Waals surface area (Å²) >= 11 is 0. The minimum Gasteiger partial charge on any atom is -0.485 e. The van der Waals surface area contributed by atoms with E-state index in [1.54, 1.807) is 0 Å². The molecule has 2 aromatic rings. The largest absolute Gasteiger partial charge is 0.485 e. The van der Waals surface area contributed by atoms with Crippen LogP contribution in [0.25, 0.3) is 0 Å². The van der Waals surface area contributed by atoms with Crippen molar-refractivity contribution in [2.24, 2.45) is 11.7 Å². The van der Waals surface area contributed by atoms with E-state index >= 15 is 0 Å². The Morgan fingerprint density at radius 2 is 1.70 bits per heavy atom. The normalized spacial score (nSPS) is 24.4.